The number of fused-ring (bicyclic) bond motifs is 1. The third-order valence-electron chi connectivity index (χ3n) is 6.60. The van der Waals surface area contributed by atoms with E-state index in [2.05, 4.69) is 34.7 Å². The Hall–Kier alpha value is -2.24. The summed E-state index contributed by atoms with van der Waals surface area (Å²) in [6.45, 7) is 0. The Labute approximate surface area is 183 Å². The van der Waals surface area contributed by atoms with Crippen LogP contribution in [-0.4, -0.2) is 30.1 Å². The highest BCUT2D eigenvalue weighted by Gasteiger charge is 2.39. The molecule has 5 nitrogen and oxygen atoms in total. The maximum atomic E-state index is 13.3. The Morgan fingerprint density at radius 1 is 1.17 bits per heavy atom. The first-order valence-electron chi connectivity index (χ1n) is 10.8. The van der Waals surface area contributed by atoms with Gasteiger partial charge in [0.2, 0.25) is 0 Å². The van der Waals surface area contributed by atoms with Gasteiger partial charge in [0.05, 0.1) is 23.4 Å². The normalized spacial score (nSPS) is 24.1. The van der Waals surface area contributed by atoms with Gasteiger partial charge in [-0.1, -0.05) is 54.8 Å². The molecule has 0 radical (unpaired) electrons. The van der Waals surface area contributed by atoms with Crippen LogP contribution in [0.25, 0.3) is 0 Å². The molecule has 160 valence electrons. The van der Waals surface area contributed by atoms with Gasteiger partial charge in [-0.25, -0.2) is 5.01 Å². The van der Waals surface area contributed by atoms with Crippen LogP contribution in [0.1, 0.15) is 54.4 Å². The predicted octanol–water partition coefficient (Wildman–Crippen LogP) is 4.84. The molecule has 2 fully saturated rings. The zero-order valence-corrected chi connectivity index (χ0v) is 18.2. The van der Waals surface area contributed by atoms with Gasteiger partial charge in [0.15, 0.2) is 0 Å². The lowest BCUT2D eigenvalue weighted by molar-refractivity contribution is -0.0203. The molecule has 0 spiro atoms. The van der Waals surface area contributed by atoms with Crippen molar-refractivity contribution in [2.24, 2.45) is 5.92 Å². The number of carbonyl (C=O) groups excluding carboxylic acids is 1. The lowest BCUT2D eigenvalue weighted by Crippen LogP contribution is -2.60. The molecule has 3 N–H and O–H groups in total. The Balaban J connectivity index is 1.60. The monoisotopic (exact) mass is 427 g/mol. The number of hydrazine groups is 1. The number of nitrogen functional groups attached to an aromatic ring is 1. The first kappa shape index (κ1) is 21.0. The highest BCUT2D eigenvalue weighted by atomic mass is 35.5. The number of anilines is 1. The van der Waals surface area contributed by atoms with Crippen LogP contribution in [0.3, 0.4) is 0 Å². The van der Waals surface area contributed by atoms with E-state index in [1.807, 2.05) is 6.07 Å². The van der Waals surface area contributed by atoms with E-state index in [1.54, 1.807) is 12.1 Å². The molecule has 1 unspecified atom stereocenters. The summed E-state index contributed by atoms with van der Waals surface area (Å²) in [4.78, 5) is 13.3. The van der Waals surface area contributed by atoms with Crippen molar-refractivity contribution in [1.82, 2.24) is 10.4 Å². The number of benzene rings is 2. The van der Waals surface area contributed by atoms with E-state index in [1.165, 1.54) is 38.4 Å². The Morgan fingerprint density at radius 2 is 1.93 bits per heavy atom. The average molecular weight is 428 g/mol. The number of ether oxygens (including phenoxy) is 1. The number of nitrogens with zero attached hydrogens (tertiary/aromatic N) is 1. The third-order valence-corrected chi connectivity index (χ3v) is 6.93. The van der Waals surface area contributed by atoms with E-state index in [-0.39, 0.29) is 11.9 Å². The molecule has 3 atom stereocenters. The Kier molecular flexibility index (Phi) is 6.49. The van der Waals surface area contributed by atoms with Gasteiger partial charge < -0.3 is 10.5 Å². The molecule has 2 aliphatic rings. The number of nitrogens with two attached hydrogens (primary N) is 1. The Bertz CT molecular complexity index is 890. The molecule has 1 saturated heterocycles. The van der Waals surface area contributed by atoms with Crippen molar-refractivity contribution in [1.29, 1.82) is 0 Å². The molecule has 1 amide bonds. The fourth-order valence-electron chi connectivity index (χ4n) is 5.06. The van der Waals surface area contributed by atoms with Gasteiger partial charge >= 0.3 is 0 Å². The van der Waals surface area contributed by atoms with Crippen LogP contribution in [0.15, 0.2) is 42.5 Å². The van der Waals surface area contributed by atoms with Crippen molar-refractivity contribution < 1.29 is 9.53 Å². The molecule has 1 aliphatic carbocycles. The summed E-state index contributed by atoms with van der Waals surface area (Å²) in [7, 11) is 1.54. The molecule has 2 aromatic rings. The minimum Gasteiger partial charge on any atom is -0.496 e. The maximum Gasteiger partial charge on any atom is 0.269 e. The molecule has 1 saturated carbocycles. The van der Waals surface area contributed by atoms with Crippen LogP contribution in [0.2, 0.25) is 5.02 Å². The van der Waals surface area contributed by atoms with E-state index in [9.17, 15) is 4.79 Å². The summed E-state index contributed by atoms with van der Waals surface area (Å²) in [5.74, 6) is 0.882. The fourth-order valence-corrected chi connectivity index (χ4v) is 5.22. The molecule has 0 aromatic heterocycles. The van der Waals surface area contributed by atoms with E-state index in [0.29, 0.717) is 34.0 Å². The second-order valence-corrected chi connectivity index (χ2v) is 8.86. The van der Waals surface area contributed by atoms with Crippen molar-refractivity contribution in [3.63, 3.8) is 0 Å². The van der Waals surface area contributed by atoms with E-state index in [0.717, 1.165) is 19.3 Å². The molecule has 6 heteroatoms. The van der Waals surface area contributed by atoms with Crippen LogP contribution < -0.4 is 15.9 Å². The summed E-state index contributed by atoms with van der Waals surface area (Å²) in [6, 6.07) is 14.4. The summed E-state index contributed by atoms with van der Waals surface area (Å²) in [5, 5.41) is 2.60. The van der Waals surface area contributed by atoms with E-state index >= 15 is 0 Å². The number of hydrogen-bond acceptors (Lipinski definition) is 4. The SMILES string of the molecule is COc1cc(N)c(Cl)cc1C(=O)NN1C(Cc2ccccc2)CC[C@H]2CCCC[C@@H]21. The number of nitrogens with one attached hydrogen (secondary N) is 1. The number of amides is 1. The summed E-state index contributed by atoms with van der Waals surface area (Å²) in [5.41, 5.74) is 11.2. The fraction of sp³-hybridized carbons (Fsp3) is 0.458. The quantitative estimate of drug-likeness (QED) is 0.670. The average Bonchev–Trinajstić information content (AvgIpc) is 2.77. The van der Waals surface area contributed by atoms with Crippen molar-refractivity contribution in [3.05, 3.63) is 58.6 Å². The van der Waals surface area contributed by atoms with Gasteiger partial charge in [-0.05, 0) is 49.7 Å². The van der Waals surface area contributed by atoms with Gasteiger partial charge in [-0.15, -0.1) is 0 Å². The highest BCUT2D eigenvalue weighted by Crippen LogP contribution is 2.38. The predicted molar refractivity (Wildman–Crippen MR) is 121 cm³/mol. The van der Waals surface area contributed by atoms with Crippen molar-refractivity contribution >= 4 is 23.2 Å². The number of piperidine rings is 1. The van der Waals surface area contributed by atoms with Gasteiger partial charge in [0.25, 0.3) is 5.91 Å². The second kappa shape index (κ2) is 9.27. The van der Waals surface area contributed by atoms with Crippen molar-refractivity contribution in [2.45, 2.75) is 57.0 Å². The minimum atomic E-state index is -0.196. The van der Waals surface area contributed by atoms with Crippen LogP contribution in [0, 0.1) is 5.92 Å². The smallest absolute Gasteiger partial charge is 0.269 e. The van der Waals surface area contributed by atoms with Crippen LogP contribution in [0.4, 0.5) is 5.69 Å². The first-order chi connectivity index (χ1) is 14.6. The Morgan fingerprint density at radius 3 is 2.70 bits per heavy atom. The summed E-state index contributed by atoms with van der Waals surface area (Å²) >= 11 is 6.20. The van der Waals surface area contributed by atoms with Crippen molar-refractivity contribution in [3.8, 4) is 5.75 Å². The third kappa shape index (κ3) is 4.42. The maximum absolute atomic E-state index is 13.3. The van der Waals surface area contributed by atoms with Crippen LogP contribution >= 0.6 is 11.6 Å². The van der Waals surface area contributed by atoms with Gasteiger partial charge in [-0.3, -0.25) is 10.2 Å². The van der Waals surface area contributed by atoms with Gasteiger partial charge in [0, 0.05) is 18.2 Å². The zero-order valence-electron chi connectivity index (χ0n) is 17.4. The van der Waals surface area contributed by atoms with Crippen LogP contribution in [-0.2, 0) is 6.42 Å². The van der Waals surface area contributed by atoms with Gasteiger partial charge in [-0.2, -0.15) is 0 Å². The number of rotatable bonds is 5. The first-order valence-corrected chi connectivity index (χ1v) is 11.2. The molecule has 4 rings (SSSR count). The second-order valence-electron chi connectivity index (χ2n) is 8.45. The number of carbonyl (C=O) groups is 1. The van der Waals surface area contributed by atoms with Gasteiger partial charge in [0.1, 0.15) is 5.75 Å². The molecule has 0 bridgehead atoms. The lowest BCUT2D eigenvalue weighted by atomic mass is 9.76. The molecule has 2 aromatic carbocycles. The van der Waals surface area contributed by atoms with Crippen LogP contribution in [0.5, 0.6) is 5.75 Å². The molecule has 1 aliphatic heterocycles. The van der Waals surface area contributed by atoms with E-state index < -0.39 is 0 Å². The lowest BCUT2D eigenvalue weighted by Gasteiger charge is -2.48. The largest absolute Gasteiger partial charge is 0.496 e. The number of methoxy groups -OCH3 is 1. The topological polar surface area (TPSA) is 67.6 Å². The van der Waals surface area contributed by atoms with Crippen molar-refractivity contribution in [2.75, 3.05) is 12.8 Å². The number of halogens is 1. The highest BCUT2D eigenvalue weighted by molar-refractivity contribution is 6.33. The summed E-state index contributed by atoms with van der Waals surface area (Å²) in [6.07, 6.45) is 8.09. The standard InChI is InChI=1S/C24H30ClN3O2/c1-30-23-15-21(26)20(25)14-19(23)24(29)27-28-18(13-16-7-3-2-4-8-16)12-11-17-9-5-6-10-22(17)28/h2-4,7-8,14-15,17-18,22H,5-6,9-13,26H2,1H3,(H,27,29)/t17-,18?,22+/m1/s1. The molecule has 1 heterocycles. The zero-order chi connectivity index (χ0) is 21.1. The van der Waals surface area contributed by atoms with E-state index in [4.69, 9.17) is 22.1 Å². The molecule has 30 heavy (non-hydrogen) atoms. The summed E-state index contributed by atoms with van der Waals surface area (Å²) < 4.78 is 5.40. The minimum absolute atomic E-state index is 0.196. The molecular formula is C24H30ClN3O2. The molecular weight excluding hydrogens is 398 g/mol. The number of hydrogen-bond donors (Lipinski definition) is 2.